The molecule has 6 heteroatoms. The number of unbranched alkanes of at least 4 members (excludes halogenated alkanes) is 1. The molecule has 2 amide bonds. The number of primary amides is 1. The lowest BCUT2D eigenvalue weighted by Gasteiger charge is -2.20. The van der Waals surface area contributed by atoms with Gasteiger partial charge in [-0.25, -0.2) is 4.98 Å². The quantitative estimate of drug-likeness (QED) is 0.810. The fraction of sp³-hybridized carbons (Fsp3) is 0.417. The summed E-state index contributed by atoms with van der Waals surface area (Å²) in [6, 6.07) is 3.25. The van der Waals surface area contributed by atoms with Crippen molar-refractivity contribution in [1.29, 1.82) is 0 Å². The van der Waals surface area contributed by atoms with Crippen LogP contribution in [-0.2, 0) is 4.79 Å². The van der Waals surface area contributed by atoms with E-state index in [0.29, 0.717) is 16.7 Å². The molecule has 0 aliphatic heterocycles. The zero-order chi connectivity index (χ0) is 13.5. The normalized spacial score (nSPS) is 10.1. The van der Waals surface area contributed by atoms with Crippen LogP contribution in [0.1, 0.15) is 30.1 Å². The first-order valence-corrected chi connectivity index (χ1v) is 6.53. The van der Waals surface area contributed by atoms with E-state index in [1.165, 1.54) is 4.90 Å². The minimum atomic E-state index is -0.507. The molecule has 0 saturated heterocycles. The van der Waals surface area contributed by atoms with Crippen LogP contribution >= 0.6 is 15.9 Å². The summed E-state index contributed by atoms with van der Waals surface area (Å²) in [5.74, 6) is -0.710. The van der Waals surface area contributed by atoms with Crippen LogP contribution in [0.25, 0.3) is 0 Å². The summed E-state index contributed by atoms with van der Waals surface area (Å²) >= 11 is 3.21. The van der Waals surface area contributed by atoms with Gasteiger partial charge in [-0.15, -0.1) is 0 Å². The molecule has 1 rings (SSSR count). The van der Waals surface area contributed by atoms with Gasteiger partial charge < -0.3 is 10.6 Å². The molecule has 0 bridgehead atoms. The molecule has 0 aliphatic rings. The maximum Gasteiger partial charge on any atom is 0.254 e. The van der Waals surface area contributed by atoms with Crippen molar-refractivity contribution in [2.24, 2.45) is 5.73 Å². The molecule has 0 spiro atoms. The van der Waals surface area contributed by atoms with Crippen LogP contribution in [0.5, 0.6) is 0 Å². The standard InChI is InChI=1S/C12H16BrN3O2/c1-2-3-6-16(8-11(14)17)12(18)9-4-5-15-10(13)7-9/h4-5,7H,2-3,6,8H2,1H3,(H2,14,17). The smallest absolute Gasteiger partial charge is 0.254 e. The predicted octanol–water partition coefficient (Wildman–Crippen LogP) is 1.57. The SMILES string of the molecule is CCCCN(CC(N)=O)C(=O)c1ccnc(Br)c1. The molecule has 1 aromatic heterocycles. The minimum Gasteiger partial charge on any atom is -0.368 e. The first-order chi connectivity index (χ1) is 8.54. The maximum absolute atomic E-state index is 12.2. The van der Waals surface area contributed by atoms with E-state index < -0.39 is 5.91 Å². The Balaban J connectivity index is 2.83. The number of hydrogen-bond donors (Lipinski definition) is 1. The van der Waals surface area contributed by atoms with E-state index in [4.69, 9.17) is 5.73 Å². The highest BCUT2D eigenvalue weighted by atomic mass is 79.9. The predicted molar refractivity (Wildman–Crippen MR) is 71.9 cm³/mol. The minimum absolute atomic E-state index is 0.0568. The Labute approximate surface area is 114 Å². The largest absolute Gasteiger partial charge is 0.368 e. The van der Waals surface area contributed by atoms with Gasteiger partial charge >= 0.3 is 0 Å². The number of rotatable bonds is 6. The van der Waals surface area contributed by atoms with Crippen molar-refractivity contribution >= 4 is 27.7 Å². The van der Waals surface area contributed by atoms with Crippen molar-refractivity contribution in [3.05, 3.63) is 28.5 Å². The average molecular weight is 314 g/mol. The number of amides is 2. The van der Waals surface area contributed by atoms with Crippen LogP contribution in [-0.4, -0.2) is 34.8 Å². The van der Waals surface area contributed by atoms with Crippen molar-refractivity contribution in [1.82, 2.24) is 9.88 Å². The number of hydrogen-bond acceptors (Lipinski definition) is 3. The average Bonchev–Trinajstić information content (AvgIpc) is 2.33. The topological polar surface area (TPSA) is 76.3 Å². The van der Waals surface area contributed by atoms with E-state index in [0.717, 1.165) is 12.8 Å². The highest BCUT2D eigenvalue weighted by molar-refractivity contribution is 9.10. The number of halogens is 1. The van der Waals surface area contributed by atoms with Crippen LogP contribution in [0.15, 0.2) is 22.9 Å². The van der Waals surface area contributed by atoms with Crippen LogP contribution in [0.4, 0.5) is 0 Å². The number of carbonyl (C=O) groups is 2. The van der Waals surface area contributed by atoms with Gasteiger partial charge in [0.2, 0.25) is 5.91 Å². The summed E-state index contributed by atoms with van der Waals surface area (Å²) in [6.45, 7) is 2.49. The van der Waals surface area contributed by atoms with Gasteiger partial charge in [0, 0.05) is 18.3 Å². The second-order valence-electron chi connectivity index (χ2n) is 3.91. The molecule has 18 heavy (non-hydrogen) atoms. The van der Waals surface area contributed by atoms with Crippen molar-refractivity contribution < 1.29 is 9.59 Å². The summed E-state index contributed by atoms with van der Waals surface area (Å²) in [6.07, 6.45) is 3.33. The number of pyridine rings is 1. The van der Waals surface area contributed by atoms with E-state index in [1.807, 2.05) is 6.92 Å². The molecule has 98 valence electrons. The van der Waals surface area contributed by atoms with Crippen molar-refractivity contribution in [2.45, 2.75) is 19.8 Å². The van der Waals surface area contributed by atoms with E-state index in [9.17, 15) is 9.59 Å². The summed E-state index contributed by atoms with van der Waals surface area (Å²) in [5, 5.41) is 0. The van der Waals surface area contributed by atoms with Crippen LogP contribution in [0, 0.1) is 0 Å². The molecule has 5 nitrogen and oxygen atoms in total. The fourth-order valence-electron chi connectivity index (χ4n) is 1.51. The number of aromatic nitrogens is 1. The molecule has 1 heterocycles. The number of nitrogens with zero attached hydrogens (tertiary/aromatic N) is 2. The highest BCUT2D eigenvalue weighted by Crippen LogP contribution is 2.11. The van der Waals surface area contributed by atoms with E-state index in [1.54, 1.807) is 18.3 Å². The Hall–Kier alpha value is -1.43. The lowest BCUT2D eigenvalue weighted by Crippen LogP contribution is -2.39. The number of carbonyl (C=O) groups excluding carboxylic acids is 2. The monoisotopic (exact) mass is 313 g/mol. The lowest BCUT2D eigenvalue weighted by atomic mass is 10.2. The van der Waals surface area contributed by atoms with Crippen molar-refractivity contribution in [3.63, 3.8) is 0 Å². The van der Waals surface area contributed by atoms with E-state index >= 15 is 0 Å². The van der Waals surface area contributed by atoms with Crippen LogP contribution in [0.2, 0.25) is 0 Å². The third-order valence-corrected chi connectivity index (χ3v) is 2.82. The summed E-state index contributed by atoms with van der Waals surface area (Å²) < 4.78 is 0.586. The Morgan fingerprint density at radius 1 is 1.50 bits per heavy atom. The molecule has 0 radical (unpaired) electrons. The van der Waals surface area contributed by atoms with Gasteiger partial charge in [0.25, 0.3) is 5.91 Å². The summed E-state index contributed by atoms with van der Waals surface area (Å²) in [5.41, 5.74) is 5.65. The van der Waals surface area contributed by atoms with Gasteiger partial charge in [0.1, 0.15) is 4.60 Å². The molecule has 0 atom stereocenters. The van der Waals surface area contributed by atoms with E-state index in [-0.39, 0.29) is 12.5 Å². The van der Waals surface area contributed by atoms with Gasteiger partial charge in [-0.2, -0.15) is 0 Å². The molecule has 0 fully saturated rings. The van der Waals surface area contributed by atoms with Gasteiger partial charge in [-0.05, 0) is 34.5 Å². The van der Waals surface area contributed by atoms with Crippen molar-refractivity contribution in [3.8, 4) is 0 Å². The fourth-order valence-corrected chi connectivity index (χ4v) is 1.87. The second kappa shape index (κ2) is 7.10. The zero-order valence-corrected chi connectivity index (χ0v) is 11.8. The number of nitrogens with two attached hydrogens (primary N) is 1. The van der Waals surface area contributed by atoms with Crippen LogP contribution < -0.4 is 5.73 Å². The van der Waals surface area contributed by atoms with Gasteiger partial charge in [-0.1, -0.05) is 13.3 Å². The molecule has 1 aromatic rings. The second-order valence-corrected chi connectivity index (χ2v) is 4.73. The molecule has 0 saturated carbocycles. The third kappa shape index (κ3) is 4.44. The Kier molecular flexibility index (Phi) is 5.77. The van der Waals surface area contributed by atoms with Crippen molar-refractivity contribution in [2.75, 3.05) is 13.1 Å². The first kappa shape index (κ1) is 14.6. The first-order valence-electron chi connectivity index (χ1n) is 5.73. The highest BCUT2D eigenvalue weighted by Gasteiger charge is 2.17. The van der Waals surface area contributed by atoms with Gasteiger partial charge in [-0.3, -0.25) is 9.59 Å². The molecule has 0 aliphatic carbocycles. The van der Waals surface area contributed by atoms with Gasteiger partial charge in [0.05, 0.1) is 6.54 Å². The molecular weight excluding hydrogens is 298 g/mol. The zero-order valence-electron chi connectivity index (χ0n) is 10.2. The molecule has 0 aromatic carbocycles. The van der Waals surface area contributed by atoms with E-state index in [2.05, 4.69) is 20.9 Å². The van der Waals surface area contributed by atoms with Crippen LogP contribution in [0.3, 0.4) is 0 Å². The molecule has 2 N–H and O–H groups in total. The molecule has 0 unspecified atom stereocenters. The lowest BCUT2D eigenvalue weighted by molar-refractivity contribution is -0.118. The summed E-state index contributed by atoms with van der Waals surface area (Å²) in [4.78, 5) is 28.6. The van der Waals surface area contributed by atoms with Gasteiger partial charge in [0.15, 0.2) is 0 Å². The Morgan fingerprint density at radius 3 is 2.78 bits per heavy atom. The Bertz CT molecular complexity index is 437. The third-order valence-electron chi connectivity index (χ3n) is 2.39. The molecular formula is C12H16BrN3O2. The summed E-state index contributed by atoms with van der Waals surface area (Å²) in [7, 11) is 0. The maximum atomic E-state index is 12.2. The Morgan fingerprint density at radius 2 is 2.22 bits per heavy atom.